The van der Waals surface area contributed by atoms with Crippen LogP contribution in [-0.2, 0) is 11.2 Å². The van der Waals surface area contributed by atoms with Crippen molar-refractivity contribution in [1.29, 1.82) is 0 Å². The van der Waals surface area contributed by atoms with Crippen molar-refractivity contribution in [2.24, 2.45) is 17.6 Å². The Morgan fingerprint density at radius 2 is 2.33 bits per heavy atom. The molecule has 2 atom stereocenters. The van der Waals surface area contributed by atoms with Crippen LogP contribution in [0.4, 0.5) is 5.69 Å². The van der Waals surface area contributed by atoms with Crippen molar-refractivity contribution >= 4 is 22.7 Å². The number of hydrogen-bond donors (Lipinski definition) is 2. The van der Waals surface area contributed by atoms with Crippen molar-refractivity contribution in [3.05, 3.63) is 24.1 Å². The van der Waals surface area contributed by atoms with Crippen molar-refractivity contribution in [2.45, 2.75) is 32.6 Å². The van der Waals surface area contributed by atoms with Crippen molar-refractivity contribution in [3.63, 3.8) is 0 Å². The number of carbonyl (C=O) groups excluding carboxylic acids is 1. The summed E-state index contributed by atoms with van der Waals surface area (Å²) in [5, 5.41) is 2.99. The Morgan fingerprint density at radius 1 is 1.48 bits per heavy atom. The number of fused-ring (bicyclic) bond motifs is 1. The summed E-state index contributed by atoms with van der Waals surface area (Å²) in [4.78, 5) is 16.8. The number of anilines is 1. The Hall–Kier alpha value is -1.88. The molecule has 2 unspecified atom stereocenters. The molecule has 2 aromatic rings. The number of benzene rings is 1. The predicted molar refractivity (Wildman–Crippen MR) is 81.9 cm³/mol. The van der Waals surface area contributed by atoms with Crippen LogP contribution in [0.1, 0.15) is 32.1 Å². The largest absolute Gasteiger partial charge is 0.441 e. The van der Waals surface area contributed by atoms with Gasteiger partial charge in [0.05, 0.1) is 0 Å². The summed E-state index contributed by atoms with van der Waals surface area (Å²) in [6.45, 7) is 2.58. The quantitative estimate of drug-likeness (QED) is 0.906. The summed E-state index contributed by atoms with van der Waals surface area (Å²) in [5.41, 5.74) is 8.05. The number of carbonyl (C=O) groups is 1. The minimum atomic E-state index is 0.0363. The van der Waals surface area contributed by atoms with E-state index in [-0.39, 0.29) is 11.8 Å². The number of nitrogens with one attached hydrogen (secondary N) is 1. The van der Waals surface area contributed by atoms with Gasteiger partial charge < -0.3 is 15.5 Å². The number of nitrogens with zero attached hydrogens (tertiary/aromatic N) is 1. The van der Waals surface area contributed by atoms with Crippen LogP contribution in [0, 0.1) is 11.8 Å². The van der Waals surface area contributed by atoms with Gasteiger partial charge in [-0.1, -0.05) is 13.3 Å². The molecule has 1 amide bonds. The van der Waals surface area contributed by atoms with E-state index in [0.29, 0.717) is 18.4 Å². The lowest BCUT2D eigenvalue weighted by molar-refractivity contribution is -0.120. The third kappa shape index (κ3) is 2.78. The second-order valence-corrected chi connectivity index (χ2v) is 5.67. The number of aromatic nitrogens is 1. The highest BCUT2D eigenvalue weighted by atomic mass is 16.3. The van der Waals surface area contributed by atoms with Crippen LogP contribution in [0.25, 0.3) is 11.1 Å². The first-order chi connectivity index (χ1) is 10.2. The summed E-state index contributed by atoms with van der Waals surface area (Å²) < 4.78 is 5.57. The summed E-state index contributed by atoms with van der Waals surface area (Å²) in [6.07, 6.45) is 3.83. The molecule has 1 fully saturated rings. The number of hydrogen-bond acceptors (Lipinski definition) is 4. The fourth-order valence-corrected chi connectivity index (χ4v) is 3.10. The summed E-state index contributed by atoms with van der Waals surface area (Å²) in [7, 11) is 0. The molecule has 1 aliphatic carbocycles. The van der Waals surface area contributed by atoms with Gasteiger partial charge >= 0.3 is 0 Å². The van der Waals surface area contributed by atoms with Gasteiger partial charge in [0.25, 0.3) is 0 Å². The molecular formula is C16H21N3O2. The van der Waals surface area contributed by atoms with Gasteiger partial charge in [-0.25, -0.2) is 4.98 Å². The predicted octanol–water partition coefficient (Wildman–Crippen LogP) is 2.70. The number of rotatable bonds is 4. The number of aryl methyl sites for hydroxylation is 1. The number of amides is 1. The van der Waals surface area contributed by atoms with E-state index in [4.69, 9.17) is 10.2 Å². The second kappa shape index (κ2) is 5.85. The van der Waals surface area contributed by atoms with Crippen molar-refractivity contribution in [1.82, 2.24) is 4.98 Å². The van der Waals surface area contributed by atoms with E-state index in [0.717, 1.165) is 42.5 Å². The zero-order chi connectivity index (χ0) is 14.8. The Bertz CT molecular complexity index is 650. The Morgan fingerprint density at radius 3 is 3.10 bits per heavy atom. The smallest absolute Gasteiger partial charge is 0.227 e. The number of oxazole rings is 1. The molecule has 1 heterocycles. The van der Waals surface area contributed by atoms with Crippen molar-refractivity contribution in [3.8, 4) is 0 Å². The molecule has 0 saturated heterocycles. The first kappa shape index (κ1) is 14.1. The van der Waals surface area contributed by atoms with Gasteiger partial charge in [0.15, 0.2) is 11.5 Å². The summed E-state index contributed by atoms with van der Waals surface area (Å²) in [6, 6.07) is 5.58. The van der Waals surface area contributed by atoms with Gasteiger partial charge in [0, 0.05) is 18.0 Å². The lowest BCUT2D eigenvalue weighted by Crippen LogP contribution is -2.29. The molecule has 0 bridgehead atoms. The highest BCUT2D eigenvalue weighted by Gasteiger charge is 2.31. The maximum absolute atomic E-state index is 12.4. The van der Waals surface area contributed by atoms with Crippen LogP contribution >= 0.6 is 0 Å². The molecule has 112 valence electrons. The van der Waals surface area contributed by atoms with Crippen LogP contribution in [0.15, 0.2) is 22.6 Å². The monoisotopic (exact) mass is 287 g/mol. The second-order valence-electron chi connectivity index (χ2n) is 5.67. The Kier molecular flexibility index (Phi) is 3.92. The van der Waals surface area contributed by atoms with E-state index in [1.54, 1.807) is 0 Å². The zero-order valence-corrected chi connectivity index (χ0v) is 12.3. The maximum atomic E-state index is 12.4. The highest BCUT2D eigenvalue weighted by Crippen LogP contribution is 2.32. The van der Waals surface area contributed by atoms with Gasteiger partial charge in [-0.3, -0.25) is 4.79 Å². The van der Waals surface area contributed by atoms with Crippen LogP contribution < -0.4 is 11.1 Å². The van der Waals surface area contributed by atoms with E-state index in [2.05, 4.69) is 10.3 Å². The molecule has 21 heavy (non-hydrogen) atoms. The van der Waals surface area contributed by atoms with Gasteiger partial charge in [-0.05, 0) is 43.5 Å². The average molecular weight is 287 g/mol. The molecule has 3 rings (SSSR count). The molecular weight excluding hydrogens is 266 g/mol. The molecule has 5 heteroatoms. The Balaban J connectivity index is 1.76. The fourth-order valence-electron chi connectivity index (χ4n) is 3.10. The topological polar surface area (TPSA) is 81.2 Å². The van der Waals surface area contributed by atoms with E-state index in [9.17, 15) is 4.79 Å². The third-order valence-electron chi connectivity index (χ3n) is 4.30. The first-order valence-electron chi connectivity index (χ1n) is 7.61. The minimum Gasteiger partial charge on any atom is -0.441 e. The molecule has 0 spiro atoms. The Labute approximate surface area is 123 Å². The standard InChI is InChI=1S/C16H21N3O2/c1-2-15-19-13-8-11(6-7-14(13)21-15)18-16(20)12-5-3-4-10(12)9-17/h6-8,10,12H,2-5,9,17H2,1H3,(H,18,20). The summed E-state index contributed by atoms with van der Waals surface area (Å²) in [5.74, 6) is 1.13. The van der Waals surface area contributed by atoms with Crippen LogP contribution in [0.3, 0.4) is 0 Å². The average Bonchev–Trinajstić information content (AvgIpc) is 3.12. The zero-order valence-electron chi connectivity index (χ0n) is 12.3. The van der Waals surface area contributed by atoms with E-state index in [1.165, 1.54) is 0 Å². The molecule has 1 saturated carbocycles. The van der Waals surface area contributed by atoms with Crippen molar-refractivity contribution in [2.75, 3.05) is 11.9 Å². The molecule has 0 radical (unpaired) electrons. The van der Waals surface area contributed by atoms with Crippen LogP contribution in [0.2, 0.25) is 0 Å². The van der Waals surface area contributed by atoms with E-state index in [1.807, 2.05) is 25.1 Å². The molecule has 0 aliphatic heterocycles. The molecule has 1 aromatic carbocycles. The van der Waals surface area contributed by atoms with Gasteiger partial charge in [-0.15, -0.1) is 0 Å². The number of nitrogens with two attached hydrogens (primary N) is 1. The lowest BCUT2D eigenvalue weighted by atomic mass is 9.95. The fraction of sp³-hybridized carbons (Fsp3) is 0.500. The van der Waals surface area contributed by atoms with Gasteiger partial charge in [0.1, 0.15) is 5.52 Å². The molecule has 1 aliphatic rings. The normalized spacial score (nSPS) is 21.8. The minimum absolute atomic E-state index is 0.0363. The van der Waals surface area contributed by atoms with Crippen LogP contribution in [-0.4, -0.2) is 17.4 Å². The molecule has 3 N–H and O–H groups in total. The third-order valence-corrected chi connectivity index (χ3v) is 4.30. The SMILES string of the molecule is CCc1nc2cc(NC(=O)C3CCCC3CN)ccc2o1. The highest BCUT2D eigenvalue weighted by molar-refractivity contribution is 5.94. The van der Waals surface area contributed by atoms with Gasteiger partial charge in [0.2, 0.25) is 5.91 Å². The van der Waals surface area contributed by atoms with Crippen molar-refractivity contribution < 1.29 is 9.21 Å². The van der Waals surface area contributed by atoms with Crippen LogP contribution in [0.5, 0.6) is 0 Å². The summed E-state index contributed by atoms with van der Waals surface area (Å²) >= 11 is 0. The molecule has 5 nitrogen and oxygen atoms in total. The van der Waals surface area contributed by atoms with Gasteiger partial charge in [-0.2, -0.15) is 0 Å². The lowest BCUT2D eigenvalue weighted by Gasteiger charge is -2.17. The van der Waals surface area contributed by atoms with E-state index >= 15 is 0 Å². The first-order valence-corrected chi connectivity index (χ1v) is 7.61. The molecule has 1 aromatic heterocycles. The van der Waals surface area contributed by atoms with E-state index < -0.39 is 0 Å². The maximum Gasteiger partial charge on any atom is 0.227 e.